The number of ether oxygens (including phenoxy) is 1. The number of rotatable bonds is 6. The molecule has 124 valence electrons. The molecule has 0 amide bonds. The van der Waals surface area contributed by atoms with Crippen molar-refractivity contribution in [3.05, 3.63) is 29.2 Å². The lowest BCUT2D eigenvalue weighted by molar-refractivity contribution is 0.178. The van der Waals surface area contributed by atoms with Crippen molar-refractivity contribution >= 4 is 0 Å². The minimum Gasteiger partial charge on any atom is -0.377 e. The molecule has 0 aromatic carbocycles. The van der Waals surface area contributed by atoms with Crippen molar-refractivity contribution in [1.29, 1.82) is 0 Å². The molecule has 23 heavy (non-hydrogen) atoms. The highest BCUT2D eigenvalue weighted by Gasteiger charge is 2.44. The maximum Gasteiger partial charge on any atom is 0.155 e. The van der Waals surface area contributed by atoms with Gasteiger partial charge < -0.3 is 9.26 Å². The van der Waals surface area contributed by atoms with Gasteiger partial charge in [-0.05, 0) is 31.6 Å². The molecule has 0 radical (unpaired) electrons. The molecular formula is C16H23N5O2. The van der Waals surface area contributed by atoms with Crippen LogP contribution in [0.15, 0.2) is 10.7 Å². The van der Waals surface area contributed by atoms with Crippen molar-refractivity contribution in [1.82, 2.24) is 25.2 Å². The molecule has 2 atom stereocenters. The van der Waals surface area contributed by atoms with E-state index < -0.39 is 0 Å². The Bertz CT molecular complexity index is 663. The first-order valence-electron chi connectivity index (χ1n) is 8.27. The molecule has 1 N–H and O–H groups in total. The fourth-order valence-corrected chi connectivity index (χ4v) is 3.71. The Balaban J connectivity index is 1.49. The summed E-state index contributed by atoms with van der Waals surface area (Å²) in [6.45, 7) is 5.45. The van der Waals surface area contributed by atoms with Gasteiger partial charge in [-0.1, -0.05) is 5.16 Å². The van der Waals surface area contributed by atoms with E-state index in [0.29, 0.717) is 18.4 Å². The molecule has 0 unspecified atom stereocenters. The van der Waals surface area contributed by atoms with E-state index in [1.165, 1.54) is 18.4 Å². The largest absolute Gasteiger partial charge is 0.377 e. The summed E-state index contributed by atoms with van der Waals surface area (Å²) in [5.41, 5.74) is 1.18. The van der Waals surface area contributed by atoms with Crippen LogP contribution in [0, 0.1) is 18.8 Å². The van der Waals surface area contributed by atoms with Gasteiger partial charge in [0.05, 0.1) is 6.20 Å². The molecule has 1 saturated carbocycles. The average Bonchev–Trinajstić information content (AvgIpc) is 2.93. The SMILES string of the molecule is COCc1nc([C@H]2CN(Cc3cnoc3C)C[C@@H]2C2CC2)n[nH]1. The van der Waals surface area contributed by atoms with Crippen molar-refractivity contribution in [2.75, 3.05) is 20.2 Å². The maximum absolute atomic E-state index is 5.18. The lowest BCUT2D eigenvalue weighted by Crippen LogP contribution is -2.20. The third kappa shape index (κ3) is 3.03. The van der Waals surface area contributed by atoms with E-state index in [0.717, 1.165) is 43.0 Å². The van der Waals surface area contributed by atoms with Crippen LogP contribution in [-0.2, 0) is 17.9 Å². The second-order valence-electron chi connectivity index (χ2n) is 6.78. The van der Waals surface area contributed by atoms with Gasteiger partial charge in [0.15, 0.2) is 11.6 Å². The monoisotopic (exact) mass is 317 g/mol. The molecule has 2 aromatic rings. The van der Waals surface area contributed by atoms with Crippen molar-refractivity contribution in [3.63, 3.8) is 0 Å². The standard InChI is InChI=1S/C16H23N5O2/c1-10-12(5-17-23-10)6-21-7-13(11-3-4-11)14(8-21)16-18-15(9-22-2)19-20-16/h5,11,13-14H,3-4,6-9H2,1-2H3,(H,18,19,20)/t13-,14+/m1/s1. The Kier molecular flexibility index (Phi) is 3.90. The number of H-pyrrole nitrogens is 1. The average molecular weight is 317 g/mol. The Morgan fingerprint density at radius 1 is 1.39 bits per heavy atom. The summed E-state index contributed by atoms with van der Waals surface area (Å²) in [5, 5.41) is 11.3. The van der Waals surface area contributed by atoms with Crippen LogP contribution in [0.5, 0.6) is 0 Å². The predicted molar refractivity (Wildman–Crippen MR) is 82.6 cm³/mol. The van der Waals surface area contributed by atoms with Gasteiger partial charge >= 0.3 is 0 Å². The summed E-state index contributed by atoms with van der Waals surface area (Å²) < 4.78 is 10.3. The van der Waals surface area contributed by atoms with Crippen molar-refractivity contribution in [3.8, 4) is 0 Å². The van der Waals surface area contributed by atoms with E-state index in [2.05, 4.69) is 25.2 Å². The van der Waals surface area contributed by atoms with Crippen LogP contribution in [0.3, 0.4) is 0 Å². The zero-order chi connectivity index (χ0) is 15.8. The first-order chi connectivity index (χ1) is 11.2. The highest BCUT2D eigenvalue weighted by molar-refractivity contribution is 5.14. The third-order valence-electron chi connectivity index (χ3n) is 5.07. The molecule has 4 rings (SSSR count). The van der Waals surface area contributed by atoms with E-state index in [-0.39, 0.29) is 0 Å². The van der Waals surface area contributed by atoms with Crippen molar-refractivity contribution < 1.29 is 9.26 Å². The molecule has 2 fully saturated rings. The molecule has 2 aliphatic rings. The summed E-state index contributed by atoms with van der Waals surface area (Å²) >= 11 is 0. The Hall–Kier alpha value is -1.73. The van der Waals surface area contributed by atoms with Crippen LogP contribution >= 0.6 is 0 Å². The molecule has 2 aromatic heterocycles. The number of hydrogen-bond acceptors (Lipinski definition) is 6. The first kappa shape index (κ1) is 14.8. The molecule has 7 nitrogen and oxygen atoms in total. The van der Waals surface area contributed by atoms with E-state index in [4.69, 9.17) is 9.26 Å². The maximum atomic E-state index is 5.18. The Morgan fingerprint density at radius 2 is 2.26 bits per heavy atom. The Morgan fingerprint density at radius 3 is 2.96 bits per heavy atom. The van der Waals surface area contributed by atoms with Crippen LogP contribution < -0.4 is 0 Å². The number of aryl methyl sites for hydroxylation is 1. The van der Waals surface area contributed by atoms with Crippen LogP contribution in [0.4, 0.5) is 0 Å². The third-order valence-corrected chi connectivity index (χ3v) is 5.07. The summed E-state index contributed by atoms with van der Waals surface area (Å²) in [4.78, 5) is 7.13. The normalized spacial score (nSPS) is 25.3. The molecule has 1 aliphatic heterocycles. The molecule has 0 spiro atoms. The van der Waals surface area contributed by atoms with Gasteiger partial charge in [-0.2, -0.15) is 5.10 Å². The molecule has 1 aliphatic carbocycles. The van der Waals surface area contributed by atoms with Gasteiger partial charge in [0, 0.05) is 38.2 Å². The van der Waals surface area contributed by atoms with E-state index in [9.17, 15) is 0 Å². The highest BCUT2D eigenvalue weighted by atomic mass is 16.5. The summed E-state index contributed by atoms with van der Waals surface area (Å²) in [5.74, 6) is 4.56. The molecular weight excluding hydrogens is 294 g/mol. The van der Waals surface area contributed by atoms with E-state index in [1.54, 1.807) is 7.11 Å². The van der Waals surface area contributed by atoms with Crippen LogP contribution in [0.25, 0.3) is 0 Å². The van der Waals surface area contributed by atoms with Gasteiger partial charge in [0.2, 0.25) is 0 Å². The van der Waals surface area contributed by atoms with Crippen molar-refractivity contribution in [2.45, 2.75) is 38.8 Å². The van der Waals surface area contributed by atoms with Gasteiger partial charge in [0.25, 0.3) is 0 Å². The topological polar surface area (TPSA) is 80.1 Å². The quantitative estimate of drug-likeness (QED) is 0.876. The fourth-order valence-electron chi connectivity index (χ4n) is 3.71. The number of likely N-dealkylation sites (tertiary alicyclic amines) is 1. The van der Waals surface area contributed by atoms with Gasteiger partial charge in [-0.25, -0.2) is 4.98 Å². The van der Waals surface area contributed by atoms with Crippen LogP contribution in [-0.4, -0.2) is 45.4 Å². The summed E-state index contributed by atoms with van der Waals surface area (Å²) in [6, 6.07) is 0. The molecule has 3 heterocycles. The van der Waals surface area contributed by atoms with Crippen LogP contribution in [0.1, 0.15) is 41.7 Å². The second-order valence-corrected chi connectivity index (χ2v) is 6.78. The smallest absolute Gasteiger partial charge is 0.155 e. The van der Waals surface area contributed by atoms with Gasteiger partial charge in [0.1, 0.15) is 12.4 Å². The summed E-state index contributed by atoms with van der Waals surface area (Å²) in [7, 11) is 1.67. The lowest BCUT2D eigenvalue weighted by atomic mass is 9.91. The number of nitrogens with zero attached hydrogens (tertiary/aromatic N) is 4. The van der Waals surface area contributed by atoms with Crippen LogP contribution in [0.2, 0.25) is 0 Å². The second kappa shape index (κ2) is 6.05. The van der Waals surface area contributed by atoms with E-state index >= 15 is 0 Å². The number of methoxy groups -OCH3 is 1. The zero-order valence-electron chi connectivity index (χ0n) is 13.7. The fraction of sp³-hybridized carbons (Fsp3) is 0.688. The lowest BCUT2D eigenvalue weighted by Gasteiger charge is -2.14. The minimum atomic E-state index is 0.407. The predicted octanol–water partition coefficient (Wildman–Crippen LogP) is 1.87. The molecule has 1 saturated heterocycles. The number of hydrogen-bond donors (Lipinski definition) is 1. The van der Waals surface area contributed by atoms with E-state index in [1.807, 2.05) is 13.1 Å². The first-order valence-corrected chi connectivity index (χ1v) is 8.27. The zero-order valence-corrected chi connectivity index (χ0v) is 13.7. The van der Waals surface area contributed by atoms with Crippen molar-refractivity contribution in [2.24, 2.45) is 11.8 Å². The minimum absolute atomic E-state index is 0.407. The number of aromatic nitrogens is 4. The molecule has 0 bridgehead atoms. The summed E-state index contributed by atoms with van der Waals surface area (Å²) in [6.07, 6.45) is 4.52. The Labute approximate surface area is 135 Å². The number of nitrogens with one attached hydrogen (secondary N) is 1. The number of aromatic amines is 1. The van der Waals surface area contributed by atoms with Gasteiger partial charge in [-0.3, -0.25) is 10.00 Å². The molecule has 7 heteroatoms. The highest BCUT2D eigenvalue weighted by Crippen LogP contribution is 2.47. The van der Waals surface area contributed by atoms with Gasteiger partial charge in [-0.15, -0.1) is 0 Å².